The monoisotopic (exact) mass is 180 g/mol. The summed E-state index contributed by atoms with van der Waals surface area (Å²) in [7, 11) is 0. The third kappa shape index (κ3) is 1.42. The molecule has 2 rings (SSSR count). The lowest BCUT2D eigenvalue weighted by Gasteiger charge is -2.19. The van der Waals surface area contributed by atoms with Crippen LogP contribution in [0.2, 0.25) is 0 Å². The van der Waals surface area contributed by atoms with Crippen molar-refractivity contribution in [3.05, 3.63) is 21.6 Å². The van der Waals surface area contributed by atoms with Crippen molar-refractivity contribution in [2.75, 3.05) is 5.73 Å². The maximum Gasteiger partial charge on any atom is 0.255 e. The number of nitrogens with two attached hydrogens (primary N) is 2. The van der Waals surface area contributed by atoms with Crippen LogP contribution < -0.4 is 17.0 Å². The van der Waals surface area contributed by atoms with Gasteiger partial charge in [-0.1, -0.05) is 0 Å². The molecule has 1 aromatic heterocycles. The lowest BCUT2D eigenvalue weighted by molar-refractivity contribution is 0.561. The maximum atomic E-state index is 11.4. The summed E-state index contributed by atoms with van der Waals surface area (Å²) in [6.07, 6.45) is 2.24. The van der Waals surface area contributed by atoms with Crippen LogP contribution in [0, 0.1) is 0 Å². The summed E-state index contributed by atoms with van der Waals surface area (Å²) < 4.78 is 0. The Labute approximate surface area is 75.2 Å². The number of nitrogens with one attached hydrogen (secondary N) is 1. The van der Waals surface area contributed by atoms with Gasteiger partial charge in [0.15, 0.2) is 0 Å². The summed E-state index contributed by atoms with van der Waals surface area (Å²) in [5, 5.41) is 0. The van der Waals surface area contributed by atoms with Crippen LogP contribution in [0.1, 0.15) is 17.7 Å². The van der Waals surface area contributed by atoms with Gasteiger partial charge in [0.25, 0.3) is 5.56 Å². The topological polar surface area (TPSA) is 97.8 Å². The SMILES string of the molecule is Nc1nc2c(c(=O)[nH]1)C[C@H](N)CC2. The van der Waals surface area contributed by atoms with E-state index in [1.54, 1.807) is 0 Å². The Bertz CT molecular complexity index is 384. The normalized spacial score (nSPS) is 21.2. The summed E-state index contributed by atoms with van der Waals surface area (Å²) in [5.74, 6) is 0.194. The third-order valence-electron chi connectivity index (χ3n) is 2.34. The largest absolute Gasteiger partial charge is 0.369 e. The molecule has 0 saturated carbocycles. The Morgan fingerprint density at radius 2 is 2.31 bits per heavy atom. The molecule has 1 aliphatic carbocycles. The number of H-pyrrole nitrogens is 1. The molecular formula is C8H12N4O. The van der Waals surface area contributed by atoms with Gasteiger partial charge in [-0.05, 0) is 19.3 Å². The molecule has 5 N–H and O–H groups in total. The number of aryl methyl sites for hydroxylation is 1. The Balaban J connectivity index is 2.53. The predicted molar refractivity (Wildman–Crippen MR) is 49.3 cm³/mol. The molecule has 70 valence electrons. The first-order valence-electron chi connectivity index (χ1n) is 4.30. The summed E-state index contributed by atoms with van der Waals surface area (Å²) in [6.45, 7) is 0. The molecule has 0 aromatic carbocycles. The van der Waals surface area contributed by atoms with E-state index in [0.717, 1.165) is 18.5 Å². The van der Waals surface area contributed by atoms with Gasteiger partial charge in [-0.15, -0.1) is 0 Å². The molecule has 1 atom stereocenters. The molecule has 0 radical (unpaired) electrons. The molecule has 0 fully saturated rings. The number of aromatic nitrogens is 2. The zero-order chi connectivity index (χ0) is 9.42. The molecule has 0 saturated heterocycles. The number of nitrogen functional groups attached to an aromatic ring is 1. The Hall–Kier alpha value is -1.36. The fourth-order valence-corrected chi connectivity index (χ4v) is 1.67. The molecule has 0 spiro atoms. The van der Waals surface area contributed by atoms with Crippen LogP contribution in [-0.2, 0) is 12.8 Å². The van der Waals surface area contributed by atoms with E-state index in [1.807, 2.05) is 0 Å². The lowest BCUT2D eigenvalue weighted by Crippen LogP contribution is -2.33. The minimum absolute atomic E-state index is 0.0824. The van der Waals surface area contributed by atoms with E-state index in [2.05, 4.69) is 9.97 Å². The van der Waals surface area contributed by atoms with E-state index >= 15 is 0 Å². The van der Waals surface area contributed by atoms with Crippen molar-refractivity contribution in [3.63, 3.8) is 0 Å². The Morgan fingerprint density at radius 3 is 3.08 bits per heavy atom. The number of aromatic amines is 1. The van der Waals surface area contributed by atoms with E-state index in [4.69, 9.17) is 11.5 Å². The van der Waals surface area contributed by atoms with Gasteiger partial charge < -0.3 is 11.5 Å². The highest BCUT2D eigenvalue weighted by molar-refractivity contribution is 5.28. The minimum Gasteiger partial charge on any atom is -0.369 e. The molecule has 1 aliphatic rings. The molecule has 5 nitrogen and oxygen atoms in total. The first kappa shape index (κ1) is 8.25. The number of nitrogens with zero attached hydrogens (tertiary/aromatic N) is 1. The molecule has 1 aromatic rings. The van der Waals surface area contributed by atoms with Crippen LogP contribution in [0.5, 0.6) is 0 Å². The predicted octanol–water partition coefficient (Wildman–Crippen LogP) is -0.832. The summed E-state index contributed by atoms with van der Waals surface area (Å²) in [4.78, 5) is 17.9. The lowest BCUT2D eigenvalue weighted by atomic mass is 9.93. The zero-order valence-electron chi connectivity index (χ0n) is 7.21. The first-order valence-corrected chi connectivity index (χ1v) is 4.30. The van der Waals surface area contributed by atoms with Gasteiger partial charge in [0.05, 0.1) is 5.69 Å². The molecule has 5 heteroatoms. The van der Waals surface area contributed by atoms with Gasteiger partial charge in [0.2, 0.25) is 5.95 Å². The van der Waals surface area contributed by atoms with E-state index < -0.39 is 0 Å². The Kier molecular flexibility index (Phi) is 1.81. The van der Waals surface area contributed by atoms with Crippen LogP contribution in [0.25, 0.3) is 0 Å². The highest BCUT2D eigenvalue weighted by atomic mass is 16.1. The van der Waals surface area contributed by atoms with Gasteiger partial charge in [-0.2, -0.15) is 0 Å². The smallest absolute Gasteiger partial charge is 0.255 e. The van der Waals surface area contributed by atoms with Crippen molar-refractivity contribution in [2.45, 2.75) is 25.3 Å². The average Bonchev–Trinajstić information content (AvgIpc) is 2.06. The summed E-state index contributed by atoms with van der Waals surface area (Å²) in [5.41, 5.74) is 12.5. The summed E-state index contributed by atoms with van der Waals surface area (Å²) >= 11 is 0. The van der Waals surface area contributed by atoms with Gasteiger partial charge in [-0.25, -0.2) is 4.98 Å². The number of rotatable bonds is 0. The van der Waals surface area contributed by atoms with Crippen molar-refractivity contribution < 1.29 is 0 Å². The van der Waals surface area contributed by atoms with Gasteiger partial charge >= 0.3 is 0 Å². The third-order valence-corrected chi connectivity index (χ3v) is 2.34. The summed E-state index contributed by atoms with van der Waals surface area (Å²) in [6, 6.07) is 0.0824. The maximum absolute atomic E-state index is 11.4. The number of anilines is 1. The second-order valence-electron chi connectivity index (χ2n) is 3.38. The van der Waals surface area contributed by atoms with Crippen LogP contribution in [-0.4, -0.2) is 16.0 Å². The molecule has 0 bridgehead atoms. The number of hydrogen-bond acceptors (Lipinski definition) is 4. The highest BCUT2D eigenvalue weighted by Crippen LogP contribution is 2.15. The van der Waals surface area contributed by atoms with Crippen molar-refractivity contribution in [2.24, 2.45) is 5.73 Å². The zero-order valence-corrected chi connectivity index (χ0v) is 7.21. The van der Waals surface area contributed by atoms with Crippen LogP contribution in [0.15, 0.2) is 4.79 Å². The van der Waals surface area contributed by atoms with Gasteiger partial charge in [0, 0.05) is 11.6 Å². The fourth-order valence-electron chi connectivity index (χ4n) is 1.67. The number of hydrogen-bond donors (Lipinski definition) is 3. The van der Waals surface area contributed by atoms with Crippen molar-refractivity contribution in [3.8, 4) is 0 Å². The molecule has 0 unspecified atom stereocenters. The molecular weight excluding hydrogens is 168 g/mol. The van der Waals surface area contributed by atoms with Crippen molar-refractivity contribution >= 4 is 5.95 Å². The molecule has 0 amide bonds. The van der Waals surface area contributed by atoms with Crippen LogP contribution >= 0.6 is 0 Å². The Morgan fingerprint density at radius 1 is 1.54 bits per heavy atom. The first-order chi connectivity index (χ1) is 6.16. The second-order valence-corrected chi connectivity index (χ2v) is 3.38. The quantitative estimate of drug-likeness (QED) is 0.485. The molecule has 13 heavy (non-hydrogen) atoms. The minimum atomic E-state index is -0.141. The van der Waals surface area contributed by atoms with E-state index in [0.29, 0.717) is 12.0 Å². The van der Waals surface area contributed by atoms with E-state index in [1.165, 1.54) is 0 Å². The molecule has 1 heterocycles. The van der Waals surface area contributed by atoms with Crippen molar-refractivity contribution in [1.29, 1.82) is 0 Å². The van der Waals surface area contributed by atoms with E-state index in [9.17, 15) is 4.79 Å². The van der Waals surface area contributed by atoms with Gasteiger partial charge in [0.1, 0.15) is 0 Å². The van der Waals surface area contributed by atoms with Crippen LogP contribution in [0.4, 0.5) is 5.95 Å². The van der Waals surface area contributed by atoms with E-state index in [-0.39, 0.29) is 17.5 Å². The van der Waals surface area contributed by atoms with Gasteiger partial charge in [-0.3, -0.25) is 9.78 Å². The fraction of sp³-hybridized carbons (Fsp3) is 0.500. The number of fused-ring (bicyclic) bond motifs is 1. The average molecular weight is 180 g/mol. The molecule has 0 aliphatic heterocycles. The van der Waals surface area contributed by atoms with Crippen LogP contribution in [0.3, 0.4) is 0 Å². The van der Waals surface area contributed by atoms with Crippen molar-refractivity contribution in [1.82, 2.24) is 9.97 Å². The second kappa shape index (κ2) is 2.85. The highest BCUT2D eigenvalue weighted by Gasteiger charge is 2.19. The standard InChI is InChI=1S/C8H12N4O/c9-4-1-2-6-5(3-4)7(13)12-8(10)11-6/h4H,1-3,9H2,(H3,10,11,12,13)/t4-/m1/s1.